The first kappa shape index (κ1) is 33.3. The number of anilines is 1. The third kappa shape index (κ3) is 4.62. The summed E-state index contributed by atoms with van der Waals surface area (Å²) in [6, 6.07) is 7.06. The number of hydrogen-bond donors (Lipinski definition) is 1. The zero-order chi connectivity index (χ0) is 31.5. The molecule has 0 radical (unpaired) electrons. The number of rotatable bonds is 9. The zero-order valence-corrected chi connectivity index (χ0v) is 19.4. The largest absolute Gasteiger partial charge is 0.460 e. The molecule has 0 aliphatic carbocycles. The molecular weight excluding hydrogens is 627 g/mol. The van der Waals surface area contributed by atoms with Crippen molar-refractivity contribution in [1.29, 1.82) is 0 Å². The Kier molecular flexibility index (Phi) is 8.01. The molecule has 0 fully saturated rings. The molecule has 21 heteroatoms. The van der Waals surface area contributed by atoms with Crippen molar-refractivity contribution < 1.29 is 79.4 Å². The summed E-state index contributed by atoms with van der Waals surface area (Å²) in [6.07, 6.45) is -7.85. The van der Waals surface area contributed by atoms with Crippen LogP contribution < -0.4 is 5.32 Å². The van der Waals surface area contributed by atoms with Crippen LogP contribution in [-0.2, 0) is 4.79 Å². The molecule has 0 bridgehead atoms. The first-order valence-corrected chi connectivity index (χ1v) is 10.5. The monoisotopic (exact) mass is 636 g/mol. The Morgan fingerprint density at radius 3 is 1.48 bits per heavy atom. The summed E-state index contributed by atoms with van der Waals surface area (Å²) in [5.41, 5.74) is 0.110. The van der Waals surface area contributed by atoms with E-state index in [9.17, 15) is 79.4 Å². The molecule has 1 aromatic heterocycles. The molecule has 2 aromatic rings. The number of hydrogen-bond acceptors (Lipinski definition) is 3. The smallest absolute Gasteiger partial charge is 0.296 e. The Bertz CT molecular complexity index is 1240. The van der Waals surface area contributed by atoms with E-state index < -0.39 is 58.7 Å². The van der Waals surface area contributed by atoms with E-state index >= 15 is 0 Å². The van der Waals surface area contributed by atoms with Gasteiger partial charge >= 0.3 is 53.5 Å². The van der Waals surface area contributed by atoms with Crippen molar-refractivity contribution in [2.45, 2.75) is 54.6 Å². The second-order valence-corrected chi connectivity index (χ2v) is 8.97. The van der Waals surface area contributed by atoms with Crippen LogP contribution in [0.4, 0.5) is 79.8 Å². The molecule has 40 heavy (non-hydrogen) atoms. The van der Waals surface area contributed by atoms with Crippen molar-refractivity contribution >= 4 is 22.4 Å². The van der Waals surface area contributed by atoms with Gasteiger partial charge in [-0.15, -0.1) is 11.3 Å². The van der Waals surface area contributed by atoms with Crippen LogP contribution in [0, 0.1) is 6.92 Å². The molecular formula is C19H9F17N2OS. The van der Waals surface area contributed by atoms with Crippen LogP contribution in [-0.4, -0.2) is 58.5 Å². The highest BCUT2D eigenvalue weighted by molar-refractivity contribution is 7.16. The van der Waals surface area contributed by atoms with Crippen molar-refractivity contribution in [1.82, 2.24) is 4.98 Å². The minimum absolute atomic E-state index is 0.0564. The Labute approximate surface area is 214 Å². The first-order valence-electron chi connectivity index (χ1n) is 9.68. The topological polar surface area (TPSA) is 42.0 Å². The van der Waals surface area contributed by atoms with Gasteiger partial charge in [0.2, 0.25) is 0 Å². The third-order valence-electron chi connectivity index (χ3n) is 5.07. The first-order chi connectivity index (χ1) is 17.6. The molecule has 1 heterocycles. The summed E-state index contributed by atoms with van der Waals surface area (Å²) >= 11 is 0.224. The van der Waals surface area contributed by atoms with E-state index in [2.05, 4.69) is 4.98 Å². The normalized spacial score (nSPS) is 14.8. The highest BCUT2D eigenvalue weighted by Gasteiger charge is 2.95. The lowest BCUT2D eigenvalue weighted by molar-refractivity contribution is -0.459. The van der Waals surface area contributed by atoms with Gasteiger partial charge in [0, 0.05) is 10.4 Å². The van der Waals surface area contributed by atoms with Gasteiger partial charge in [-0.05, 0) is 6.92 Å². The number of benzene rings is 1. The van der Waals surface area contributed by atoms with Gasteiger partial charge < -0.3 is 0 Å². The molecule has 3 nitrogen and oxygen atoms in total. The van der Waals surface area contributed by atoms with Gasteiger partial charge in [-0.1, -0.05) is 30.3 Å². The van der Waals surface area contributed by atoms with E-state index in [0.717, 1.165) is 5.32 Å². The standard InChI is InChI=1S/C19H9F17N2OS/c1-7-9(8-5-3-2-4-6-8)37-11(40-7)38-10(39)12(20,21)13(22,23)14(24,25)15(26,27)16(28,29)17(30,31)18(32,33)19(34,35)36/h2-6H,1H3,(H,37,38,39). The number of halogens is 17. The number of thiazole rings is 1. The Hall–Kier alpha value is -2.87. The van der Waals surface area contributed by atoms with Crippen LogP contribution >= 0.6 is 11.3 Å². The summed E-state index contributed by atoms with van der Waals surface area (Å²) in [6.45, 7) is 1.22. The number of nitrogens with zero attached hydrogens (tertiary/aromatic N) is 1. The maximum atomic E-state index is 14.1. The number of carbonyl (C=O) groups is 1. The number of nitrogens with one attached hydrogen (secondary N) is 1. The fraction of sp³-hybridized carbons (Fsp3) is 0.474. The lowest BCUT2D eigenvalue weighted by atomic mass is 9.89. The molecule has 2 rings (SSSR count). The molecule has 0 spiro atoms. The molecule has 226 valence electrons. The predicted molar refractivity (Wildman–Crippen MR) is 102 cm³/mol. The predicted octanol–water partition coefficient (Wildman–Crippen LogP) is 8.07. The van der Waals surface area contributed by atoms with Crippen LogP contribution in [0.3, 0.4) is 0 Å². The second-order valence-electron chi connectivity index (χ2n) is 7.76. The van der Waals surface area contributed by atoms with Gasteiger partial charge in [-0.2, -0.15) is 74.6 Å². The number of amides is 1. The summed E-state index contributed by atoms with van der Waals surface area (Å²) in [5.74, 6) is -61.9. The van der Waals surface area contributed by atoms with Crippen LogP contribution in [0.1, 0.15) is 4.88 Å². The second kappa shape index (κ2) is 9.61. The van der Waals surface area contributed by atoms with Crippen LogP contribution in [0.15, 0.2) is 30.3 Å². The fourth-order valence-corrected chi connectivity index (χ4v) is 3.63. The van der Waals surface area contributed by atoms with E-state index in [1.54, 1.807) is 0 Å². The number of alkyl halides is 17. The summed E-state index contributed by atoms with van der Waals surface area (Å²) in [7, 11) is 0. The lowest BCUT2D eigenvalue weighted by Gasteiger charge is -2.42. The quantitative estimate of drug-likeness (QED) is 0.283. The van der Waals surface area contributed by atoms with Gasteiger partial charge in [0.1, 0.15) is 0 Å². The van der Waals surface area contributed by atoms with E-state index in [1.807, 2.05) is 0 Å². The Morgan fingerprint density at radius 2 is 1.05 bits per heavy atom. The molecule has 0 aliphatic heterocycles. The van der Waals surface area contributed by atoms with Gasteiger partial charge in [0.15, 0.2) is 5.13 Å². The summed E-state index contributed by atoms with van der Waals surface area (Å²) < 4.78 is 227. The SMILES string of the molecule is Cc1sc(NC(=O)C(F)(F)C(F)(F)C(F)(F)C(F)(F)C(F)(F)C(F)(F)C(F)(F)C(F)(F)F)nc1-c1ccccc1. The fourth-order valence-electron chi connectivity index (χ4n) is 2.80. The van der Waals surface area contributed by atoms with Gasteiger partial charge in [-0.3, -0.25) is 10.1 Å². The Balaban J connectivity index is 2.50. The molecule has 0 saturated carbocycles. The summed E-state index contributed by atoms with van der Waals surface area (Å²) in [5, 5.41) is -0.264. The minimum atomic E-state index is -8.77. The van der Waals surface area contributed by atoms with Crippen molar-refractivity contribution in [3.05, 3.63) is 35.2 Å². The number of aryl methyl sites for hydroxylation is 1. The minimum Gasteiger partial charge on any atom is -0.296 e. The molecule has 1 N–H and O–H groups in total. The van der Waals surface area contributed by atoms with Gasteiger partial charge in [-0.25, -0.2) is 4.98 Å². The van der Waals surface area contributed by atoms with Crippen molar-refractivity contribution in [2.75, 3.05) is 5.32 Å². The molecule has 1 amide bonds. The highest BCUT2D eigenvalue weighted by atomic mass is 32.1. The number of carbonyl (C=O) groups excluding carboxylic acids is 1. The molecule has 1 aromatic carbocycles. The lowest BCUT2D eigenvalue weighted by Crippen LogP contribution is -2.75. The van der Waals surface area contributed by atoms with E-state index in [1.165, 1.54) is 37.3 Å². The average molecular weight is 636 g/mol. The molecule has 0 atom stereocenters. The maximum absolute atomic E-state index is 14.1. The van der Waals surface area contributed by atoms with E-state index in [0.29, 0.717) is 0 Å². The zero-order valence-electron chi connectivity index (χ0n) is 18.6. The van der Waals surface area contributed by atoms with Crippen molar-refractivity contribution in [2.24, 2.45) is 0 Å². The van der Waals surface area contributed by atoms with E-state index in [4.69, 9.17) is 0 Å². The van der Waals surface area contributed by atoms with E-state index in [-0.39, 0.29) is 27.5 Å². The van der Waals surface area contributed by atoms with Crippen LogP contribution in [0.5, 0.6) is 0 Å². The third-order valence-corrected chi connectivity index (χ3v) is 5.96. The molecule has 0 aliphatic rings. The summed E-state index contributed by atoms with van der Waals surface area (Å²) in [4.78, 5) is 15.3. The highest BCUT2D eigenvalue weighted by Crippen LogP contribution is 2.64. The van der Waals surface area contributed by atoms with Crippen molar-refractivity contribution in [3.63, 3.8) is 0 Å². The molecule has 0 saturated heterocycles. The van der Waals surface area contributed by atoms with Crippen LogP contribution in [0.2, 0.25) is 0 Å². The average Bonchev–Trinajstić information content (AvgIpc) is 3.17. The molecule has 0 unspecified atom stereocenters. The van der Waals surface area contributed by atoms with Crippen molar-refractivity contribution in [3.8, 4) is 11.3 Å². The Morgan fingerprint density at radius 1 is 0.650 bits per heavy atom. The van der Waals surface area contributed by atoms with Gasteiger partial charge in [0.05, 0.1) is 5.69 Å². The number of aromatic nitrogens is 1. The van der Waals surface area contributed by atoms with Crippen LogP contribution in [0.25, 0.3) is 11.3 Å². The van der Waals surface area contributed by atoms with Gasteiger partial charge in [0.25, 0.3) is 0 Å². The maximum Gasteiger partial charge on any atom is 0.460 e.